The maximum absolute atomic E-state index is 2.54. The van der Waals surface area contributed by atoms with E-state index in [1.54, 1.807) is 0 Å². The van der Waals surface area contributed by atoms with Crippen LogP contribution in [0.15, 0.2) is 455 Å². The lowest BCUT2D eigenvalue weighted by atomic mass is 9.64. The molecule has 1 heterocycles. The number of rotatable bonds is 19. The third-order valence-corrected chi connectivity index (χ3v) is 21.2. The first-order valence-electron chi connectivity index (χ1n) is 37.6. The number of para-hydroxylation sites is 11. The SMILES string of the molecule is c1ccc(N(c2ccccc2)c2cc(N(c3ccccc3)c3ccccc3)cc(N(c3ccccc3)c3ccc4c(c3)N(c3ccccc3)c3cc(N(c5ccccc5)c5cc(N(c6ccccc6)c6ccccc6)cc(N(c6ccccc6)c6ccccc6)c5)ccc3C43c4ccccc4-c4ccccc43)c2)cc1. The van der Waals surface area contributed by atoms with E-state index in [1.165, 1.54) is 33.4 Å². The van der Waals surface area contributed by atoms with Gasteiger partial charge in [-0.1, -0.05) is 261 Å². The smallest absolute Gasteiger partial charge is 0.0754 e. The standard InChI is InChI=1S/C103H75N7/c1-12-38-76(39-13-1)104(77-40-14-2-15-41-77)89-68-90(105(78-42-16-3-17-43-78)79-44-18-4-19-45-79)71-93(70-89)108(84-54-28-9-29-55-84)87-64-66-99-101(74-87)110(86-58-32-11-33-59-86)102-75-88(65-67-100(102)103(99)97-62-36-34-60-95(97)96-61-35-37-63-98(96)103)109(85-56-30-10-31-57-85)94-72-91(106(80-46-20-5-21-47-80)81-48-22-6-23-49-81)69-92(73-94)107(82-50-24-7-25-51-82)83-52-26-8-27-53-83/h1-75H. The summed E-state index contributed by atoms with van der Waals surface area (Å²) >= 11 is 0. The molecule has 0 saturated carbocycles. The molecule has 0 bridgehead atoms. The van der Waals surface area contributed by atoms with Crippen LogP contribution in [0.3, 0.4) is 0 Å². The highest BCUT2D eigenvalue weighted by molar-refractivity contribution is 6.00. The highest BCUT2D eigenvalue weighted by atomic mass is 15.2. The molecular weight excluding hydrogens is 1340 g/mol. The zero-order valence-electron chi connectivity index (χ0n) is 60.4. The fourth-order valence-electron chi connectivity index (χ4n) is 16.7. The van der Waals surface area contributed by atoms with Crippen molar-refractivity contribution in [2.45, 2.75) is 5.41 Å². The Hall–Kier alpha value is -14.7. The number of anilines is 21. The highest BCUT2D eigenvalue weighted by Gasteiger charge is 2.52. The Bertz CT molecular complexity index is 5330. The van der Waals surface area contributed by atoms with Gasteiger partial charge in [-0.25, -0.2) is 0 Å². The summed E-state index contributed by atoms with van der Waals surface area (Å²) in [6.45, 7) is 0. The normalized spacial score (nSPS) is 12.1. The summed E-state index contributed by atoms with van der Waals surface area (Å²) in [7, 11) is 0. The first-order chi connectivity index (χ1) is 54.6. The summed E-state index contributed by atoms with van der Waals surface area (Å²) < 4.78 is 0. The van der Waals surface area contributed by atoms with Gasteiger partial charge in [0.15, 0.2) is 0 Å². The maximum Gasteiger partial charge on any atom is 0.0754 e. The molecular formula is C103H75N7. The molecule has 0 unspecified atom stereocenters. The van der Waals surface area contributed by atoms with Gasteiger partial charge in [0, 0.05) is 73.9 Å². The van der Waals surface area contributed by atoms with Crippen LogP contribution >= 0.6 is 0 Å². The molecule has 110 heavy (non-hydrogen) atoms. The number of hydrogen-bond donors (Lipinski definition) is 0. The van der Waals surface area contributed by atoms with Gasteiger partial charge < -0.3 is 34.3 Å². The van der Waals surface area contributed by atoms with Crippen molar-refractivity contribution in [3.8, 4) is 11.1 Å². The van der Waals surface area contributed by atoms with E-state index in [2.05, 4.69) is 489 Å². The van der Waals surface area contributed by atoms with Crippen LogP contribution in [0.25, 0.3) is 11.1 Å². The molecule has 0 fully saturated rings. The second-order valence-electron chi connectivity index (χ2n) is 27.7. The number of fused-ring (bicyclic) bond motifs is 9. The largest absolute Gasteiger partial charge is 0.310 e. The van der Waals surface area contributed by atoms with Gasteiger partial charge in [-0.05, 0) is 228 Å². The minimum absolute atomic E-state index is 0.801. The van der Waals surface area contributed by atoms with Gasteiger partial charge in [0.1, 0.15) is 0 Å². The van der Waals surface area contributed by atoms with E-state index < -0.39 is 5.41 Å². The molecule has 0 radical (unpaired) electrons. The lowest BCUT2D eigenvalue weighted by molar-refractivity contribution is 0.752. The van der Waals surface area contributed by atoms with Gasteiger partial charge in [0.2, 0.25) is 0 Å². The first kappa shape index (κ1) is 66.1. The molecule has 0 amide bonds. The van der Waals surface area contributed by atoms with Crippen LogP contribution in [-0.4, -0.2) is 0 Å². The molecule has 17 aromatic carbocycles. The zero-order chi connectivity index (χ0) is 73.2. The Morgan fingerprint density at radius 1 is 0.145 bits per heavy atom. The van der Waals surface area contributed by atoms with Gasteiger partial charge in [0.05, 0.1) is 50.9 Å². The third-order valence-electron chi connectivity index (χ3n) is 21.2. The monoisotopic (exact) mass is 1410 g/mol. The molecule has 522 valence electrons. The van der Waals surface area contributed by atoms with E-state index in [0.29, 0.717) is 0 Å². The average molecular weight is 1410 g/mol. The van der Waals surface area contributed by atoms with E-state index in [9.17, 15) is 0 Å². The summed E-state index contributed by atoms with van der Waals surface area (Å²) in [5.74, 6) is 0. The van der Waals surface area contributed by atoms with Crippen molar-refractivity contribution in [3.63, 3.8) is 0 Å². The van der Waals surface area contributed by atoms with Crippen molar-refractivity contribution in [1.29, 1.82) is 0 Å². The van der Waals surface area contributed by atoms with Crippen LogP contribution in [0, 0.1) is 0 Å². The number of hydrogen-bond acceptors (Lipinski definition) is 7. The van der Waals surface area contributed by atoms with Crippen LogP contribution in [0.2, 0.25) is 0 Å². The predicted octanol–water partition coefficient (Wildman–Crippen LogP) is 28.7. The number of benzene rings is 17. The Balaban J connectivity index is 0.880. The van der Waals surface area contributed by atoms with Crippen LogP contribution in [-0.2, 0) is 5.41 Å². The molecule has 1 spiro atoms. The molecule has 7 heteroatoms. The van der Waals surface area contributed by atoms with Gasteiger partial charge >= 0.3 is 0 Å². The van der Waals surface area contributed by atoms with Gasteiger partial charge in [-0.15, -0.1) is 0 Å². The maximum atomic E-state index is 2.54. The van der Waals surface area contributed by atoms with Gasteiger partial charge in [-0.2, -0.15) is 0 Å². The van der Waals surface area contributed by atoms with Crippen LogP contribution in [0.5, 0.6) is 0 Å². The lowest BCUT2D eigenvalue weighted by Gasteiger charge is -2.46. The molecule has 1 aliphatic heterocycles. The Kier molecular flexibility index (Phi) is 17.4. The summed E-state index contributed by atoms with van der Waals surface area (Å²) in [5.41, 5.74) is 27.7. The summed E-state index contributed by atoms with van der Waals surface area (Å²) in [5, 5.41) is 0. The second-order valence-corrected chi connectivity index (χ2v) is 27.7. The fourth-order valence-corrected chi connectivity index (χ4v) is 16.7. The molecule has 1 aliphatic carbocycles. The second kappa shape index (κ2) is 29.0. The molecule has 7 nitrogen and oxygen atoms in total. The van der Waals surface area contributed by atoms with Crippen molar-refractivity contribution in [2.75, 3.05) is 34.3 Å². The van der Waals surface area contributed by atoms with Crippen molar-refractivity contribution >= 4 is 119 Å². The molecule has 0 N–H and O–H groups in total. The Morgan fingerprint density at radius 2 is 0.336 bits per heavy atom. The molecule has 0 aromatic heterocycles. The van der Waals surface area contributed by atoms with Crippen LogP contribution in [0.4, 0.5) is 119 Å². The van der Waals surface area contributed by atoms with Gasteiger partial charge in [-0.3, -0.25) is 0 Å². The molecule has 0 saturated heterocycles. The summed E-state index contributed by atoms with van der Waals surface area (Å²) in [6, 6.07) is 166. The average Bonchev–Trinajstić information content (AvgIpc) is 1.42. The Morgan fingerprint density at radius 3 is 0.564 bits per heavy atom. The lowest BCUT2D eigenvalue weighted by Crippen LogP contribution is -2.36. The first-order valence-corrected chi connectivity index (χ1v) is 37.6. The molecule has 0 atom stereocenters. The highest BCUT2D eigenvalue weighted by Crippen LogP contribution is 2.65. The molecule has 2 aliphatic rings. The predicted molar refractivity (Wildman–Crippen MR) is 460 cm³/mol. The summed E-state index contributed by atoms with van der Waals surface area (Å²) in [6.07, 6.45) is 0. The Labute approximate surface area is 643 Å². The van der Waals surface area contributed by atoms with E-state index in [4.69, 9.17) is 0 Å². The van der Waals surface area contributed by atoms with Crippen molar-refractivity contribution in [3.05, 3.63) is 477 Å². The van der Waals surface area contributed by atoms with Crippen LogP contribution < -0.4 is 34.3 Å². The number of nitrogens with zero attached hydrogens (tertiary/aromatic N) is 7. The van der Waals surface area contributed by atoms with E-state index >= 15 is 0 Å². The third kappa shape index (κ3) is 12.0. The van der Waals surface area contributed by atoms with E-state index in [1.807, 2.05) is 0 Å². The van der Waals surface area contributed by atoms with Crippen molar-refractivity contribution in [1.82, 2.24) is 0 Å². The minimum Gasteiger partial charge on any atom is -0.310 e. The van der Waals surface area contributed by atoms with Crippen LogP contribution in [0.1, 0.15) is 22.3 Å². The molecule has 17 aromatic rings. The summed E-state index contributed by atoms with van der Waals surface area (Å²) in [4.78, 5) is 17.0. The van der Waals surface area contributed by atoms with E-state index in [-0.39, 0.29) is 0 Å². The van der Waals surface area contributed by atoms with Crippen molar-refractivity contribution in [2.24, 2.45) is 0 Å². The molecule has 19 rings (SSSR count). The quantitative estimate of drug-likeness (QED) is 0.0795. The van der Waals surface area contributed by atoms with Crippen molar-refractivity contribution < 1.29 is 0 Å². The zero-order valence-corrected chi connectivity index (χ0v) is 60.4. The fraction of sp³-hybridized carbons (Fsp3) is 0.00971. The van der Waals surface area contributed by atoms with Gasteiger partial charge in [0.25, 0.3) is 0 Å². The topological polar surface area (TPSA) is 22.7 Å². The van der Waals surface area contributed by atoms with E-state index in [0.717, 1.165) is 119 Å². The minimum atomic E-state index is -0.801.